The summed E-state index contributed by atoms with van der Waals surface area (Å²) in [6.07, 6.45) is 0. The Bertz CT molecular complexity index is 1030. The molecule has 3 aromatic rings. The molecule has 2 heterocycles. The zero-order valence-electron chi connectivity index (χ0n) is 20.3. The summed E-state index contributed by atoms with van der Waals surface area (Å²) in [5.74, 6) is 2.77. The van der Waals surface area contributed by atoms with Gasteiger partial charge in [-0.3, -0.25) is 9.56 Å². The lowest BCUT2D eigenvalue weighted by Gasteiger charge is -2.14. The molecule has 1 aromatic heterocycles. The zero-order valence-corrected chi connectivity index (χ0v) is 20.3. The van der Waals surface area contributed by atoms with E-state index in [-0.39, 0.29) is 11.5 Å². The number of ketones is 1. The van der Waals surface area contributed by atoms with E-state index in [1.165, 1.54) is 13.8 Å². The maximum atomic E-state index is 9.55. The number of aromatic hydroxyl groups is 1. The second-order valence-electron chi connectivity index (χ2n) is 6.50. The summed E-state index contributed by atoms with van der Waals surface area (Å²) in [5.41, 5.74) is 3.69. The van der Waals surface area contributed by atoms with Gasteiger partial charge in [0.05, 0.1) is 18.5 Å². The molecule has 1 N–H and O–H groups in total. The third-order valence-corrected chi connectivity index (χ3v) is 4.11. The minimum atomic E-state index is 0.167. The maximum absolute atomic E-state index is 9.55. The number of benzene rings is 2. The van der Waals surface area contributed by atoms with E-state index in [0.29, 0.717) is 6.54 Å². The topological polar surface area (TPSA) is 89.6 Å². The number of hydrogen-bond donors (Lipinski definition) is 1. The Morgan fingerprint density at radius 3 is 2.16 bits per heavy atom. The van der Waals surface area contributed by atoms with Crippen LogP contribution in [0.2, 0.25) is 0 Å². The third kappa shape index (κ3) is 6.51. The Kier molecular flexibility index (Phi) is 10.8. The number of ether oxygens (including phenoxy) is 1. The van der Waals surface area contributed by atoms with Gasteiger partial charge in [-0.2, -0.15) is 0 Å². The van der Waals surface area contributed by atoms with E-state index in [2.05, 4.69) is 10.2 Å². The van der Waals surface area contributed by atoms with Crippen molar-refractivity contribution in [2.24, 2.45) is 4.99 Å². The minimum Gasteiger partial charge on any atom is -0.508 e. The number of methoxy groups -OCH3 is 1. The van der Waals surface area contributed by atoms with Gasteiger partial charge in [-0.25, -0.2) is 0 Å². The number of carbonyl (C=O) groups is 1. The standard InChI is InChI=1S/C18H16N4O2.C3H6O.2C2H6/c1-11-20-21-17-10-19-18(12-3-5-13(23)6-4-12)15-9-14(24-2)7-8-16(15)22(11)17;1-3(2)4;2*1-2/h3-9,23H,10H2,1-2H3;1-2H3;2*1-2H3. The largest absolute Gasteiger partial charge is 0.508 e. The summed E-state index contributed by atoms with van der Waals surface area (Å²) in [6, 6.07) is 12.9. The quantitative estimate of drug-likeness (QED) is 0.587. The summed E-state index contributed by atoms with van der Waals surface area (Å²) in [4.78, 5) is 14.2. The predicted molar refractivity (Wildman–Crippen MR) is 129 cm³/mol. The summed E-state index contributed by atoms with van der Waals surface area (Å²) in [7, 11) is 1.64. The molecule has 0 saturated heterocycles. The number of carbonyl (C=O) groups excluding carboxylic acids is 1. The number of aliphatic imine (C=N–C) groups is 1. The van der Waals surface area contributed by atoms with Crippen molar-refractivity contribution in [1.82, 2.24) is 14.8 Å². The molecular formula is C25H34N4O3. The van der Waals surface area contributed by atoms with Crippen molar-refractivity contribution in [3.63, 3.8) is 0 Å². The Labute approximate surface area is 190 Å². The Balaban J connectivity index is 0.000000568. The van der Waals surface area contributed by atoms with Crippen LogP contribution >= 0.6 is 0 Å². The Morgan fingerprint density at radius 2 is 1.59 bits per heavy atom. The van der Waals surface area contributed by atoms with E-state index in [9.17, 15) is 9.90 Å². The highest BCUT2D eigenvalue weighted by Gasteiger charge is 2.22. The fourth-order valence-corrected chi connectivity index (χ4v) is 2.95. The average molecular weight is 439 g/mol. The first-order chi connectivity index (χ1) is 15.4. The molecule has 0 spiro atoms. The summed E-state index contributed by atoms with van der Waals surface area (Å²) in [5, 5.41) is 18.0. The van der Waals surface area contributed by atoms with E-state index < -0.39 is 0 Å². The van der Waals surface area contributed by atoms with Crippen LogP contribution in [-0.2, 0) is 11.3 Å². The molecule has 7 nitrogen and oxygen atoms in total. The van der Waals surface area contributed by atoms with Gasteiger partial charge in [0.25, 0.3) is 0 Å². The SMILES string of the molecule is CC.CC.CC(C)=O.COc1ccc2c(c1)C(c1ccc(O)cc1)=NCc1nnc(C)n1-2. The number of hydrogen-bond acceptors (Lipinski definition) is 6. The first-order valence-electron chi connectivity index (χ1n) is 10.8. The molecule has 32 heavy (non-hydrogen) atoms. The number of aryl methyl sites for hydroxylation is 1. The van der Waals surface area contributed by atoms with Gasteiger partial charge in [-0.15, -0.1) is 10.2 Å². The fourth-order valence-electron chi connectivity index (χ4n) is 2.95. The number of phenolic OH excluding ortho intramolecular Hbond substituents is 1. The molecule has 0 bridgehead atoms. The van der Waals surface area contributed by atoms with E-state index in [0.717, 1.165) is 39.9 Å². The molecule has 2 aromatic carbocycles. The highest BCUT2D eigenvalue weighted by Crippen LogP contribution is 2.29. The van der Waals surface area contributed by atoms with Crippen molar-refractivity contribution in [3.05, 3.63) is 65.2 Å². The molecule has 0 radical (unpaired) electrons. The minimum absolute atomic E-state index is 0.167. The van der Waals surface area contributed by atoms with Crippen LogP contribution in [0.15, 0.2) is 47.5 Å². The Morgan fingerprint density at radius 1 is 1.00 bits per heavy atom. The van der Waals surface area contributed by atoms with Gasteiger partial charge in [-0.05, 0) is 63.2 Å². The van der Waals surface area contributed by atoms with Crippen LogP contribution in [0, 0.1) is 6.92 Å². The fraction of sp³-hybridized carbons (Fsp3) is 0.360. The second kappa shape index (κ2) is 13.0. The number of rotatable bonds is 2. The molecule has 0 fully saturated rings. The van der Waals surface area contributed by atoms with Gasteiger partial charge < -0.3 is 14.6 Å². The van der Waals surface area contributed by atoms with Crippen LogP contribution < -0.4 is 4.74 Å². The highest BCUT2D eigenvalue weighted by molar-refractivity contribution is 6.15. The number of Topliss-reactive ketones (excluding diaryl/α,β-unsaturated/α-hetero) is 1. The first-order valence-corrected chi connectivity index (χ1v) is 10.8. The molecule has 0 unspecified atom stereocenters. The van der Waals surface area contributed by atoms with E-state index >= 15 is 0 Å². The van der Waals surface area contributed by atoms with E-state index in [1.807, 2.05) is 69.5 Å². The molecule has 0 amide bonds. The molecular weight excluding hydrogens is 404 g/mol. The number of aromatic nitrogens is 3. The van der Waals surface area contributed by atoms with E-state index in [4.69, 9.17) is 9.73 Å². The van der Waals surface area contributed by atoms with Gasteiger partial charge in [0, 0.05) is 11.1 Å². The lowest BCUT2D eigenvalue weighted by atomic mass is 10.00. The molecule has 1 aliphatic heterocycles. The van der Waals surface area contributed by atoms with Crippen LogP contribution in [0.4, 0.5) is 0 Å². The van der Waals surface area contributed by atoms with Gasteiger partial charge in [0.2, 0.25) is 0 Å². The molecule has 4 rings (SSSR count). The lowest BCUT2D eigenvalue weighted by Crippen LogP contribution is -2.08. The number of phenols is 1. The Hall–Kier alpha value is -3.48. The van der Waals surface area contributed by atoms with Gasteiger partial charge in [-0.1, -0.05) is 27.7 Å². The van der Waals surface area contributed by atoms with E-state index in [1.54, 1.807) is 19.2 Å². The van der Waals surface area contributed by atoms with Gasteiger partial charge >= 0.3 is 0 Å². The number of fused-ring (bicyclic) bond motifs is 3. The van der Waals surface area contributed by atoms with Crippen LogP contribution in [0.25, 0.3) is 5.69 Å². The summed E-state index contributed by atoms with van der Waals surface area (Å²) < 4.78 is 7.41. The third-order valence-electron chi connectivity index (χ3n) is 4.11. The van der Waals surface area contributed by atoms with Crippen molar-refractivity contribution in [1.29, 1.82) is 0 Å². The maximum Gasteiger partial charge on any atom is 0.159 e. The summed E-state index contributed by atoms with van der Waals surface area (Å²) >= 11 is 0. The monoisotopic (exact) mass is 438 g/mol. The number of nitrogens with zero attached hydrogens (tertiary/aromatic N) is 4. The molecule has 0 saturated carbocycles. The van der Waals surface area contributed by atoms with Crippen molar-refractivity contribution in [2.45, 2.75) is 55.0 Å². The lowest BCUT2D eigenvalue weighted by molar-refractivity contribution is -0.114. The molecule has 0 atom stereocenters. The van der Waals surface area contributed by atoms with Crippen molar-refractivity contribution < 1.29 is 14.6 Å². The normalized spacial score (nSPS) is 10.8. The van der Waals surface area contributed by atoms with Crippen LogP contribution in [0.5, 0.6) is 11.5 Å². The second-order valence-corrected chi connectivity index (χ2v) is 6.50. The van der Waals surface area contributed by atoms with Gasteiger partial charge in [0.1, 0.15) is 29.7 Å². The highest BCUT2D eigenvalue weighted by atomic mass is 16.5. The molecule has 1 aliphatic rings. The molecule has 172 valence electrons. The van der Waals surface area contributed by atoms with Crippen LogP contribution in [0.3, 0.4) is 0 Å². The zero-order chi connectivity index (χ0) is 24.3. The van der Waals surface area contributed by atoms with Crippen LogP contribution in [0.1, 0.15) is 64.3 Å². The average Bonchev–Trinajstić information content (AvgIpc) is 3.08. The van der Waals surface area contributed by atoms with Crippen molar-refractivity contribution in [3.8, 4) is 17.2 Å². The molecule has 0 aliphatic carbocycles. The first kappa shape index (κ1) is 26.6. The van der Waals surface area contributed by atoms with Crippen LogP contribution in [-0.4, -0.2) is 38.5 Å². The predicted octanol–water partition coefficient (Wildman–Crippen LogP) is 5.29. The summed E-state index contributed by atoms with van der Waals surface area (Å²) in [6.45, 7) is 13.4. The van der Waals surface area contributed by atoms with Crippen molar-refractivity contribution in [2.75, 3.05) is 7.11 Å². The van der Waals surface area contributed by atoms with Crippen molar-refractivity contribution >= 4 is 11.5 Å². The van der Waals surface area contributed by atoms with Gasteiger partial charge in [0.15, 0.2) is 5.82 Å². The molecule has 7 heteroatoms. The smallest absolute Gasteiger partial charge is 0.159 e.